The Balaban J connectivity index is 2.54. The van der Waals surface area contributed by atoms with Crippen molar-refractivity contribution in [3.05, 3.63) is 24.3 Å². The van der Waals surface area contributed by atoms with Crippen molar-refractivity contribution in [3.8, 4) is 0 Å². The van der Waals surface area contributed by atoms with Gasteiger partial charge in [-0.2, -0.15) is 0 Å². The van der Waals surface area contributed by atoms with Crippen LogP contribution in [0.3, 0.4) is 0 Å². The monoisotopic (exact) mass is 176 g/mol. The largest absolute Gasteiger partial charge is 0.359 e. The molecule has 0 saturated heterocycles. The van der Waals surface area contributed by atoms with E-state index in [4.69, 9.17) is 0 Å². The first-order valence-corrected chi connectivity index (χ1v) is 3.83. The van der Waals surface area contributed by atoms with Crippen LogP contribution in [0.4, 0.5) is 0 Å². The maximum Gasteiger partial charge on any atom is 0.288 e. The third-order valence-electron chi connectivity index (χ3n) is 1.73. The maximum atomic E-state index is 11.1. The van der Waals surface area contributed by atoms with Crippen LogP contribution in [-0.4, -0.2) is 27.9 Å². The third kappa shape index (κ3) is 1.24. The summed E-state index contributed by atoms with van der Waals surface area (Å²) in [4.78, 5) is 22.0. The van der Waals surface area contributed by atoms with E-state index < -0.39 is 0 Å². The number of rotatable bonds is 1. The Bertz CT molecular complexity index is 448. The van der Waals surface area contributed by atoms with Crippen molar-refractivity contribution in [2.75, 3.05) is 7.05 Å². The first-order chi connectivity index (χ1) is 6.31. The van der Waals surface area contributed by atoms with Crippen LogP contribution in [0.25, 0.3) is 11.0 Å². The zero-order chi connectivity index (χ0) is 9.26. The van der Waals surface area contributed by atoms with Crippen molar-refractivity contribution in [2.45, 2.75) is 0 Å². The number of aromatic nitrogens is 3. The number of aromatic amines is 1. The highest BCUT2D eigenvalue weighted by Gasteiger charge is 2.07. The Kier molecular flexibility index (Phi) is 1.70. The van der Waals surface area contributed by atoms with Gasteiger partial charge >= 0.3 is 0 Å². The molecule has 0 radical (unpaired) electrons. The Morgan fingerprint density at radius 3 is 3.23 bits per heavy atom. The minimum absolute atomic E-state index is 0.189. The molecule has 2 heterocycles. The van der Waals surface area contributed by atoms with Crippen LogP contribution in [0, 0.1) is 0 Å². The van der Waals surface area contributed by atoms with Crippen molar-refractivity contribution in [1.29, 1.82) is 0 Å². The summed E-state index contributed by atoms with van der Waals surface area (Å²) >= 11 is 0. The van der Waals surface area contributed by atoms with Crippen LogP contribution in [0.15, 0.2) is 18.5 Å². The maximum absolute atomic E-state index is 11.1. The van der Waals surface area contributed by atoms with Gasteiger partial charge in [-0.15, -0.1) is 0 Å². The number of amides is 1. The summed E-state index contributed by atoms with van der Waals surface area (Å²) in [5.74, 6) is -0.0855. The van der Waals surface area contributed by atoms with Gasteiger partial charge < -0.3 is 10.3 Å². The number of carbonyl (C=O) groups excluding carboxylic acids is 1. The molecule has 0 unspecified atom stereocenters. The lowest BCUT2D eigenvalue weighted by Crippen LogP contribution is -2.20. The van der Waals surface area contributed by atoms with Gasteiger partial charge in [0.25, 0.3) is 5.91 Å². The molecule has 0 aliphatic heterocycles. The molecule has 2 aromatic heterocycles. The molecule has 0 aliphatic carbocycles. The van der Waals surface area contributed by atoms with Crippen LogP contribution < -0.4 is 5.32 Å². The summed E-state index contributed by atoms with van der Waals surface area (Å²) < 4.78 is 0. The van der Waals surface area contributed by atoms with E-state index in [9.17, 15) is 4.79 Å². The van der Waals surface area contributed by atoms with Crippen LogP contribution >= 0.6 is 0 Å². The highest BCUT2D eigenvalue weighted by atomic mass is 16.2. The zero-order valence-corrected chi connectivity index (χ0v) is 7.03. The molecule has 66 valence electrons. The molecule has 13 heavy (non-hydrogen) atoms. The van der Waals surface area contributed by atoms with Crippen LogP contribution in [0.1, 0.15) is 10.6 Å². The van der Waals surface area contributed by atoms with E-state index in [0.717, 1.165) is 11.0 Å². The number of hydrogen-bond acceptors (Lipinski definition) is 3. The van der Waals surface area contributed by atoms with Gasteiger partial charge in [-0.3, -0.25) is 4.79 Å². The second-order valence-corrected chi connectivity index (χ2v) is 2.55. The molecule has 2 rings (SSSR count). The topological polar surface area (TPSA) is 70.7 Å². The number of carbonyl (C=O) groups is 1. The molecule has 0 fully saturated rings. The quantitative estimate of drug-likeness (QED) is 0.657. The Morgan fingerprint density at radius 1 is 1.62 bits per heavy atom. The van der Waals surface area contributed by atoms with Crippen molar-refractivity contribution in [3.63, 3.8) is 0 Å². The Labute approximate surface area is 74.2 Å². The summed E-state index contributed by atoms with van der Waals surface area (Å²) in [6.07, 6.45) is 3.35. The lowest BCUT2D eigenvalue weighted by atomic mass is 10.4. The Hall–Kier alpha value is -1.91. The van der Waals surface area contributed by atoms with Crippen molar-refractivity contribution < 1.29 is 4.79 Å². The number of H-pyrrole nitrogens is 1. The lowest BCUT2D eigenvalue weighted by molar-refractivity contribution is 0.0953. The second-order valence-electron chi connectivity index (χ2n) is 2.55. The average molecular weight is 176 g/mol. The van der Waals surface area contributed by atoms with Crippen LogP contribution in [-0.2, 0) is 0 Å². The number of nitrogens with one attached hydrogen (secondary N) is 2. The Morgan fingerprint density at radius 2 is 2.46 bits per heavy atom. The fourth-order valence-electron chi connectivity index (χ4n) is 1.06. The van der Waals surface area contributed by atoms with E-state index in [-0.39, 0.29) is 11.7 Å². The molecule has 0 bridgehead atoms. The van der Waals surface area contributed by atoms with Gasteiger partial charge in [0.2, 0.25) is 5.82 Å². The normalized spacial score (nSPS) is 10.2. The molecule has 5 heteroatoms. The van der Waals surface area contributed by atoms with Gasteiger partial charge in [-0.05, 0) is 6.07 Å². The lowest BCUT2D eigenvalue weighted by Gasteiger charge is -1.96. The highest BCUT2D eigenvalue weighted by molar-refractivity contribution is 5.91. The van der Waals surface area contributed by atoms with E-state index in [2.05, 4.69) is 20.3 Å². The standard InChI is InChI=1S/C8H8N4O/c1-9-8(13)7-11-4-6-5(12-7)2-3-10-6/h2-4,10H,1H3,(H,9,13). The van der Waals surface area contributed by atoms with Gasteiger partial charge in [0.05, 0.1) is 17.2 Å². The number of fused-ring (bicyclic) bond motifs is 1. The molecule has 0 spiro atoms. The predicted molar refractivity (Wildman–Crippen MR) is 47.3 cm³/mol. The van der Waals surface area contributed by atoms with Gasteiger partial charge in [0.15, 0.2) is 0 Å². The molecular formula is C8H8N4O. The number of hydrogen-bond donors (Lipinski definition) is 2. The van der Waals surface area contributed by atoms with E-state index in [0.29, 0.717) is 0 Å². The number of nitrogens with zero attached hydrogens (tertiary/aromatic N) is 2. The van der Waals surface area contributed by atoms with Crippen molar-refractivity contribution in [1.82, 2.24) is 20.3 Å². The third-order valence-corrected chi connectivity index (χ3v) is 1.73. The SMILES string of the molecule is CNC(=O)c1ncc2[nH]ccc2n1. The molecule has 2 N–H and O–H groups in total. The molecule has 0 atom stereocenters. The predicted octanol–water partition coefficient (Wildman–Crippen LogP) is 0.318. The van der Waals surface area contributed by atoms with E-state index in [1.54, 1.807) is 25.5 Å². The molecule has 0 saturated carbocycles. The van der Waals surface area contributed by atoms with E-state index in [1.807, 2.05) is 0 Å². The summed E-state index contributed by atoms with van der Waals surface area (Å²) in [5, 5.41) is 2.46. The van der Waals surface area contributed by atoms with E-state index >= 15 is 0 Å². The minimum Gasteiger partial charge on any atom is -0.359 e. The zero-order valence-electron chi connectivity index (χ0n) is 7.03. The molecule has 0 aromatic carbocycles. The second kappa shape index (κ2) is 2.85. The first kappa shape index (κ1) is 7.72. The fourth-order valence-corrected chi connectivity index (χ4v) is 1.06. The molecule has 2 aromatic rings. The van der Waals surface area contributed by atoms with Crippen LogP contribution in [0.2, 0.25) is 0 Å². The van der Waals surface area contributed by atoms with Crippen LogP contribution in [0.5, 0.6) is 0 Å². The summed E-state index contributed by atoms with van der Waals surface area (Å²) in [7, 11) is 1.55. The molecule has 0 aliphatic rings. The van der Waals surface area contributed by atoms with E-state index in [1.165, 1.54) is 0 Å². The first-order valence-electron chi connectivity index (χ1n) is 3.83. The summed E-state index contributed by atoms with van der Waals surface area (Å²) in [6.45, 7) is 0. The molecular weight excluding hydrogens is 168 g/mol. The average Bonchev–Trinajstić information content (AvgIpc) is 2.63. The van der Waals surface area contributed by atoms with Gasteiger partial charge in [-0.25, -0.2) is 9.97 Å². The minimum atomic E-state index is -0.275. The summed E-state index contributed by atoms with van der Waals surface area (Å²) in [5.41, 5.74) is 1.57. The van der Waals surface area contributed by atoms with Crippen molar-refractivity contribution in [2.24, 2.45) is 0 Å². The van der Waals surface area contributed by atoms with Gasteiger partial charge in [0, 0.05) is 13.2 Å². The molecule has 1 amide bonds. The fraction of sp³-hybridized carbons (Fsp3) is 0.125. The van der Waals surface area contributed by atoms with Gasteiger partial charge in [0.1, 0.15) is 0 Å². The molecule has 5 nitrogen and oxygen atoms in total. The summed E-state index contributed by atoms with van der Waals surface area (Å²) in [6, 6.07) is 1.80. The smallest absolute Gasteiger partial charge is 0.288 e. The van der Waals surface area contributed by atoms with Gasteiger partial charge in [-0.1, -0.05) is 0 Å². The van der Waals surface area contributed by atoms with Crippen molar-refractivity contribution >= 4 is 16.9 Å². The highest BCUT2D eigenvalue weighted by Crippen LogP contribution is 2.06.